The molecule has 0 atom stereocenters. The molecule has 4 aromatic rings. The van der Waals surface area contributed by atoms with E-state index in [1.165, 1.54) is 29.5 Å². The smallest absolute Gasteiger partial charge is 0.0960 e. The van der Waals surface area contributed by atoms with Gasteiger partial charge in [0.1, 0.15) is 0 Å². The van der Waals surface area contributed by atoms with Gasteiger partial charge in [0.2, 0.25) is 0 Å². The second-order valence-electron chi connectivity index (χ2n) is 8.90. The van der Waals surface area contributed by atoms with Crippen molar-refractivity contribution in [3.05, 3.63) is 102 Å². The van der Waals surface area contributed by atoms with Crippen LogP contribution in [-0.2, 0) is 13.1 Å². The number of rotatable bonds is 8. The Hall–Kier alpha value is -2.95. The molecule has 4 nitrogen and oxygen atoms in total. The molecular weight excluding hydrogens is 392 g/mol. The maximum absolute atomic E-state index is 4.59. The minimum atomic E-state index is 0.559. The third-order valence-corrected chi connectivity index (χ3v) is 6.66. The van der Waals surface area contributed by atoms with E-state index in [0.717, 1.165) is 44.8 Å². The lowest BCUT2D eigenvalue weighted by molar-refractivity contribution is 0.152. The number of hydrogen-bond donors (Lipinski definition) is 0. The molecule has 0 aliphatic carbocycles. The monoisotopic (exact) mass is 424 g/mol. The average molecular weight is 425 g/mol. The second kappa shape index (κ2) is 10.1. The predicted octanol–water partition coefficient (Wildman–Crippen LogP) is 5.38. The molecule has 5 rings (SSSR count). The number of fused-ring (bicyclic) bond motifs is 1. The summed E-state index contributed by atoms with van der Waals surface area (Å²) in [5.74, 6) is 0. The fourth-order valence-corrected chi connectivity index (χ4v) is 4.87. The highest BCUT2D eigenvalue weighted by atomic mass is 15.2. The number of imidazole rings is 1. The largest absolute Gasteiger partial charge is 0.327 e. The van der Waals surface area contributed by atoms with Gasteiger partial charge in [-0.05, 0) is 36.1 Å². The lowest BCUT2D eigenvalue weighted by atomic mass is 10.0. The van der Waals surface area contributed by atoms with Crippen molar-refractivity contribution in [2.24, 2.45) is 0 Å². The van der Waals surface area contributed by atoms with Gasteiger partial charge in [-0.2, -0.15) is 0 Å². The van der Waals surface area contributed by atoms with Crippen LogP contribution in [0.25, 0.3) is 11.0 Å². The molecule has 164 valence electrons. The topological polar surface area (TPSA) is 24.3 Å². The molecule has 4 heteroatoms. The molecule has 1 fully saturated rings. The fraction of sp³-hybridized carbons (Fsp3) is 0.321. The van der Waals surface area contributed by atoms with E-state index in [9.17, 15) is 0 Å². The minimum absolute atomic E-state index is 0.559. The van der Waals surface area contributed by atoms with Gasteiger partial charge in [-0.25, -0.2) is 4.98 Å². The summed E-state index contributed by atoms with van der Waals surface area (Å²) in [5, 5.41) is 0. The molecule has 2 heterocycles. The van der Waals surface area contributed by atoms with Gasteiger partial charge in [0.15, 0.2) is 0 Å². The number of hydrogen-bond acceptors (Lipinski definition) is 3. The van der Waals surface area contributed by atoms with Crippen LogP contribution in [-0.4, -0.2) is 45.5 Å². The zero-order valence-corrected chi connectivity index (χ0v) is 18.7. The van der Waals surface area contributed by atoms with E-state index in [2.05, 4.69) is 104 Å². The first-order chi connectivity index (χ1) is 15.8. The van der Waals surface area contributed by atoms with Crippen LogP contribution in [0.1, 0.15) is 30.0 Å². The quantitative estimate of drug-likeness (QED) is 0.380. The molecule has 0 radical (unpaired) electrons. The van der Waals surface area contributed by atoms with Crippen molar-refractivity contribution in [3.8, 4) is 0 Å². The molecule has 1 aromatic heterocycles. The van der Waals surface area contributed by atoms with E-state index in [0.29, 0.717) is 6.04 Å². The van der Waals surface area contributed by atoms with E-state index < -0.39 is 0 Å². The third kappa shape index (κ3) is 5.09. The van der Waals surface area contributed by atoms with Gasteiger partial charge < -0.3 is 9.47 Å². The lowest BCUT2D eigenvalue weighted by Crippen LogP contribution is -2.39. The molecule has 32 heavy (non-hydrogen) atoms. The van der Waals surface area contributed by atoms with Crippen molar-refractivity contribution in [1.29, 1.82) is 0 Å². The number of aromatic nitrogens is 2. The summed E-state index contributed by atoms with van der Waals surface area (Å²) in [5.41, 5.74) is 5.14. The van der Waals surface area contributed by atoms with Crippen molar-refractivity contribution in [2.75, 3.05) is 26.2 Å². The van der Waals surface area contributed by atoms with Crippen molar-refractivity contribution in [2.45, 2.75) is 32.0 Å². The third-order valence-electron chi connectivity index (χ3n) is 6.66. The van der Waals surface area contributed by atoms with E-state index in [-0.39, 0.29) is 0 Å². The summed E-state index contributed by atoms with van der Waals surface area (Å²) in [4.78, 5) is 9.82. The van der Waals surface area contributed by atoms with Crippen LogP contribution < -0.4 is 0 Å². The Morgan fingerprint density at radius 2 is 1.34 bits per heavy atom. The maximum Gasteiger partial charge on any atom is 0.0960 e. The SMILES string of the molecule is c1ccc(CN(CCN2CCC(n3cnc4ccccc43)CC2)Cc2ccccc2)cc1. The first kappa shape index (κ1) is 20.9. The molecule has 1 aliphatic heterocycles. The van der Waals surface area contributed by atoms with Crippen molar-refractivity contribution in [3.63, 3.8) is 0 Å². The molecular formula is C28H32N4. The highest BCUT2D eigenvalue weighted by Gasteiger charge is 2.22. The Bertz CT molecular complexity index is 1060. The summed E-state index contributed by atoms with van der Waals surface area (Å²) in [6.07, 6.45) is 4.42. The summed E-state index contributed by atoms with van der Waals surface area (Å²) in [7, 11) is 0. The summed E-state index contributed by atoms with van der Waals surface area (Å²) < 4.78 is 2.39. The molecule has 0 spiro atoms. The highest BCUT2D eigenvalue weighted by Crippen LogP contribution is 2.26. The van der Waals surface area contributed by atoms with Crippen molar-refractivity contribution >= 4 is 11.0 Å². The van der Waals surface area contributed by atoms with Gasteiger partial charge in [-0.3, -0.25) is 4.90 Å². The van der Waals surface area contributed by atoms with Crippen LogP contribution >= 0.6 is 0 Å². The molecule has 3 aromatic carbocycles. The Morgan fingerprint density at radius 1 is 0.750 bits per heavy atom. The highest BCUT2D eigenvalue weighted by molar-refractivity contribution is 5.75. The number of likely N-dealkylation sites (tertiary alicyclic amines) is 1. The Morgan fingerprint density at radius 3 is 2.00 bits per heavy atom. The summed E-state index contributed by atoms with van der Waals surface area (Å²) in [6.45, 7) is 6.50. The van der Waals surface area contributed by atoms with Crippen LogP contribution in [0.2, 0.25) is 0 Å². The van der Waals surface area contributed by atoms with Crippen LogP contribution in [0.3, 0.4) is 0 Å². The fourth-order valence-electron chi connectivity index (χ4n) is 4.87. The second-order valence-corrected chi connectivity index (χ2v) is 8.90. The Kier molecular flexibility index (Phi) is 6.61. The number of nitrogens with zero attached hydrogens (tertiary/aromatic N) is 4. The molecule has 1 aliphatic rings. The molecule has 0 N–H and O–H groups in total. The maximum atomic E-state index is 4.59. The van der Waals surface area contributed by atoms with Gasteiger partial charge in [0.05, 0.1) is 17.4 Å². The molecule has 0 amide bonds. The number of benzene rings is 3. The standard InChI is InChI=1S/C28H32N4/c1-3-9-24(10-4-1)21-31(22-25-11-5-2-6-12-25)20-19-30-17-15-26(16-18-30)32-23-29-27-13-7-8-14-28(27)32/h1-14,23,26H,15-22H2. The van der Waals surface area contributed by atoms with Gasteiger partial charge in [-0.15, -0.1) is 0 Å². The first-order valence-electron chi connectivity index (χ1n) is 11.8. The van der Waals surface area contributed by atoms with Crippen molar-refractivity contribution in [1.82, 2.24) is 19.4 Å². The van der Waals surface area contributed by atoms with Crippen LogP contribution in [0.15, 0.2) is 91.3 Å². The van der Waals surface area contributed by atoms with Gasteiger partial charge in [0.25, 0.3) is 0 Å². The van der Waals surface area contributed by atoms with Gasteiger partial charge in [-0.1, -0.05) is 72.8 Å². The Balaban J connectivity index is 1.18. The molecule has 1 saturated heterocycles. The lowest BCUT2D eigenvalue weighted by Gasteiger charge is -2.34. The van der Waals surface area contributed by atoms with Crippen LogP contribution in [0, 0.1) is 0 Å². The van der Waals surface area contributed by atoms with E-state index >= 15 is 0 Å². The number of piperidine rings is 1. The van der Waals surface area contributed by atoms with Gasteiger partial charge >= 0.3 is 0 Å². The zero-order valence-electron chi connectivity index (χ0n) is 18.7. The normalized spacial score (nSPS) is 15.5. The average Bonchev–Trinajstić information content (AvgIpc) is 3.28. The minimum Gasteiger partial charge on any atom is -0.327 e. The summed E-state index contributed by atoms with van der Waals surface area (Å²) >= 11 is 0. The summed E-state index contributed by atoms with van der Waals surface area (Å²) in [6, 6.07) is 30.7. The molecule has 0 unspecified atom stereocenters. The van der Waals surface area contributed by atoms with Crippen molar-refractivity contribution < 1.29 is 0 Å². The zero-order chi connectivity index (χ0) is 21.6. The molecule has 0 saturated carbocycles. The predicted molar refractivity (Wildman–Crippen MR) is 131 cm³/mol. The van der Waals surface area contributed by atoms with Crippen LogP contribution in [0.4, 0.5) is 0 Å². The number of para-hydroxylation sites is 2. The first-order valence-corrected chi connectivity index (χ1v) is 11.8. The van der Waals surface area contributed by atoms with E-state index in [4.69, 9.17) is 0 Å². The Labute approximate surface area is 191 Å². The van der Waals surface area contributed by atoms with Gasteiger partial charge in [0, 0.05) is 45.3 Å². The van der Waals surface area contributed by atoms with E-state index in [1.807, 2.05) is 6.33 Å². The van der Waals surface area contributed by atoms with E-state index in [1.54, 1.807) is 0 Å². The van der Waals surface area contributed by atoms with Crippen LogP contribution in [0.5, 0.6) is 0 Å². The molecule has 0 bridgehead atoms.